The van der Waals surface area contributed by atoms with Gasteiger partial charge in [-0.05, 0) is 37.1 Å². The topological polar surface area (TPSA) is 70.7 Å². The zero-order valence-corrected chi connectivity index (χ0v) is 14.0. The maximum absolute atomic E-state index is 12.2. The lowest BCUT2D eigenvalue weighted by Gasteiger charge is -2.18. The van der Waals surface area contributed by atoms with Gasteiger partial charge in [0.15, 0.2) is 0 Å². The minimum atomic E-state index is -0.218. The van der Waals surface area contributed by atoms with E-state index in [1.54, 1.807) is 4.90 Å². The summed E-state index contributed by atoms with van der Waals surface area (Å²) in [5, 5.41) is 5.66. The summed E-state index contributed by atoms with van der Waals surface area (Å²) in [6.45, 7) is 7.72. The van der Waals surface area contributed by atoms with Crippen molar-refractivity contribution in [3.8, 4) is 5.75 Å². The molecule has 1 atom stereocenters. The summed E-state index contributed by atoms with van der Waals surface area (Å²) in [5.41, 5.74) is 0.824. The van der Waals surface area contributed by atoms with Crippen LogP contribution < -0.4 is 20.3 Å². The SMILES string of the molecule is CCOc1ccc(N2CC(NC(=O)NCC(C)C)CC2=O)cc1. The van der Waals surface area contributed by atoms with Crippen molar-refractivity contribution in [3.63, 3.8) is 0 Å². The number of nitrogens with one attached hydrogen (secondary N) is 2. The third-order valence-electron chi connectivity index (χ3n) is 3.59. The molecule has 0 aliphatic carbocycles. The lowest BCUT2D eigenvalue weighted by molar-refractivity contribution is -0.117. The minimum absolute atomic E-state index is 0.0170. The monoisotopic (exact) mass is 319 g/mol. The van der Waals surface area contributed by atoms with E-state index >= 15 is 0 Å². The molecule has 126 valence electrons. The second kappa shape index (κ2) is 7.85. The molecule has 6 nitrogen and oxygen atoms in total. The zero-order chi connectivity index (χ0) is 16.8. The van der Waals surface area contributed by atoms with Gasteiger partial charge >= 0.3 is 6.03 Å². The Labute approximate surface area is 137 Å². The maximum Gasteiger partial charge on any atom is 0.315 e. The van der Waals surface area contributed by atoms with E-state index in [0.29, 0.717) is 32.0 Å². The van der Waals surface area contributed by atoms with Crippen molar-refractivity contribution in [3.05, 3.63) is 24.3 Å². The van der Waals surface area contributed by atoms with E-state index in [0.717, 1.165) is 11.4 Å². The molecule has 3 amide bonds. The lowest BCUT2D eigenvalue weighted by atomic mass is 10.2. The van der Waals surface area contributed by atoms with Crippen molar-refractivity contribution in [2.24, 2.45) is 5.92 Å². The first-order valence-electron chi connectivity index (χ1n) is 8.07. The van der Waals surface area contributed by atoms with Crippen molar-refractivity contribution >= 4 is 17.6 Å². The van der Waals surface area contributed by atoms with Crippen molar-refractivity contribution in [2.45, 2.75) is 33.2 Å². The first kappa shape index (κ1) is 17.1. The van der Waals surface area contributed by atoms with Crippen LogP contribution in [0, 0.1) is 5.92 Å². The average molecular weight is 319 g/mol. The van der Waals surface area contributed by atoms with Gasteiger partial charge in [0.2, 0.25) is 5.91 Å². The van der Waals surface area contributed by atoms with Crippen molar-refractivity contribution in [1.82, 2.24) is 10.6 Å². The fourth-order valence-corrected chi connectivity index (χ4v) is 2.48. The molecule has 6 heteroatoms. The number of ether oxygens (including phenoxy) is 1. The van der Waals surface area contributed by atoms with Gasteiger partial charge in [-0.3, -0.25) is 4.79 Å². The van der Waals surface area contributed by atoms with Gasteiger partial charge in [-0.15, -0.1) is 0 Å². The summed E-state index contributed by atoms with van der Waals surface area (Å²) in [7, 11) is 0. The van der Waals surface area contributed by atoms with Crippen LogP contribution in [0.3, 0.4) is 0 Å². The molecule has 0 aromatic heterocycles. The smallest absolute Gasteiger partial charge is 0.315 e. The molecular formula is C17H25N3O3. The Hall–Kier alpha value is -2.24. The van der Waals surface area contributed by atoms with Gasteiger partial charge in [0.1, 0.15) is 5.75 Å². The fourth-order valence-electron chi connectivity index (χ4n) is 2.48. The standard InChI is InChI=1S/C17H25N3O3/c1-4-23-15-7-5-14(6-8-15)20-11-13(9-16(20)21)19-17(22)18-10-12(2)3/h5-8,12-13H,4,9-11H2,1-3H3,(H2,18,19,22). The summed E-state index contributed by atoms with van der Waals surface area (Å²) in [4.78, 5) is 25.7. The third kappa shape index (κ3) is 4.87. The molecule has 23 heavy (non-hydrogen) atoms. The molecule has 1 aromatic rings. The largest absolute Gasteiger partial charge is 0.494 e. The molecule has 1 aliphatic rings. The molecule has 1 unspecified atom stereocenters. The predicted octanol–water partition coefficient (Wildman–Crippen LogP) is 2.15. The molecule has 0 bridgehead atoms. The van der Waals surface area contributed by atoms with Crippen LogP contribution in [0.5, 0.6) is 5.75 Å². The highest BCUT2D eigenvalue weighted by atomic mass is 16.5. The van der Waals surface area contributed by atoms with E-state index < -0.39 is 0 Å². The number of rotatable bonds is 6. The first-order chi connectivity index (χ1) is 11.0. The average Bonchev–Trinajstić information content (AvgIpc) is 2.87. The molecule has 0 radical (unpaired) electrons. The quantitative estimate of drug-likeness (QED) is 0.844. The van der Waals surface area contributed by atoms with Gasteiger partial charge in [-0.2, -0.15) is 0 Å². The lowest BCUT2D eigenvalue weighted by Crippen LogP contribution is -2.44. The number of hydrogen-bond donors (Lipinski definition) is 2. The maximum atomic E-state index is 12.2. The van der Waals surface area contributed by atoms with Crippen LogP contribution in [0.25, 0.3) is 0 Å². The number of carbonyl (C=O) groups excluding carboxylic acids is 2. The van der Waals surface area contributed by atoms with E-state index in [9.17, 15) is 9.59 Å². The van der Waals surface area contributed by atoms with E-state index in [-0.39, 0.29) is 18.0 Å². The number of anilines is 1. The molecule has 1 saturated heterocycles. The second-order valence-corrected chi connectivity index (χ2v) is 6.08. The Morgan fingerprint density at radius 2 is 2.04 bits per heavy atom. The summed E-state index contributed by atoms with van der Waals surface area (Å²) >= 11 is 0. The number of benzene rings is 1. The van der Waals surface area contributed by atoms with E-state index in [1.807, 2.05) is 45.0 Å². The first-order valence-corrected chi connectivity index (χ1v) is 8.07. The molecule has 1 aromatic carbocycles. The Bertz CT molecular complexity index is 543. The van der Waals surface area contributed by atoms with E-state index in [4.69, 9.17) is 4.74 Å². The van der Waals surface area contributed by atoms with Crippen LogP contribution in [0.15, 0.2) is 24.3 Å². The van der Waals surface area contributed by atoms with Crippen molar-refractivity contribution in [2.75, 3.05) is 24.6 Å². The predicted molar refractivity (Wildman–Crippen MR) is 89.7 cm³/mol. The molecule has 1 fully saturated rings. The summed E-state index contributed by atoms with van der Waals surface area (Å²) in [5.74, 6) is 1.19. The Morgan fingerprint density at radius 3 is 2.65 bits per heavy atom. The van der Waals surface area contributed by atoms with E-state index in [1.165, 1.54) is 0 Å². The van der Waals surface area contributed by atoms with Crippen LogP contribution >= 0.6 is 0 Å². The molecular weight excluding hydrogens is 294 g/mol. The summed E-state index contributed by atoms with van der Waals surface area (Å²) in [6, 6.07) is 7.05. The summed E-state index contributed by atoms with van der Waals surface area (Å²) in [6.07, 6.45) is 0.322. The highest BCUT2D eigenvalue weighted by Crippen LogP contribution is 2.24. The number of carbonyl (C=O) groups is 2. The second-order valence-electron chi connectivity index (χ2n) is 6.08. The Balaban J connectivity index is 1.90. The van der Waals surface area contributed by atoms with Crippen LogP contribution in [0.4, 0.5) is 10.5 Å². The molecule has 2 rings (SSSR count). The highest BCUT2D eigenvalue weighted by molar-refractivity contribution is 5.96. The number of urea groups is 1. The molecule has 2 N–H and O–H groups in total. The van der Waals surface area contributed by atoms with Gasteiger partial charge in [-0.25, -0.2) is 4.79 Å². The van der Waals surface area contributed by atoms with Crippen LogP contribution in [-0.4, -0.2) is 37.7 Å². The molecule has 0 spiro atoms. The Kier molecular flexibility index (Phi) is 5.84. The minimum Gasteiger partial charge on any atom is -0.494 e. The third-order valence-corrected chi connectivity index (χ3v) is 3.59. The van der Waals surface area contributed by atoms with Gasteiger partial charge < -0.3 is 20.3 Å². The van der Waals surface area contributed by atoms with Crippen LogP contribution in [0.1, 0.15) is 27.2 Å². The number of amides is 3. The summed E-state index contributed by atoms with van der Waals surface area (Å²) < 4.78 is 5.40. The Morgan fingerprint density at radius 1 is 1.35 bits per heavy atom. The zero-order valence-electron chi connectivity index (χ0n) is 14.0. The van der Waals surface area contributed by atoms with Crippen LogP contribution in [-0.2, 0) is 4.79 Å². The van der Waals surface area contributed by atoms with Gasteiger partial charge in [0, 0.05) is 25.2 Å². The van der Waals surface area contributed by atoms with E-state index in [2.05, 4.69) is 10.6 Å². The molecule has 1 aliphatic heterocycles. The molecule has 0 saturated carbocycles. The van der Waals surface area contributed by atoms with Gasteiger partial charge in [0.05, 0.1) is 12.6 Å². The molecule has 1 heterocycles. The van der Waals surface area contributed by atoms with Crippen molar-refractivity contribution in [1.29, 1.82) is 0 Å². The number of nitrogens with zero attached hydrogens (tertiary/aromatic N) is 1. The van der Waals surface area contributed by atoms with Crippen LogP contribution in [0.2, 0.25) is 0 Å². The van der Waals surface area contributed by atoms with Crippen molar-refractivity contribution < 1.29 is 14.3 Å². The van der Waals surface area contributed by atoms with Gasteiger partial charge in [-0.1, -0.05) is 13.8 Å². The number of hydrogen-bond acceptors (Lipinski definition) is 3. The normalized spacial score (nSPS) is 17.5. The van der Waals surface area contributed by atoms with Gasteiger partial charge in [0.25, 0.3) is 0 Å². The highest BCUT2D eigenvalue weighted by Gasteiger charge is 2.31. The fraction of sp³-hybridized carbons (Fsp3) is 0.529.